The molecule has 0 aliphatic carbocycles. The van der Waals surface area contributed by atoms with Crippen LogP contribution in [-0.2, 0) is 16.0 Å². The molecule has 0 fully saturated rings. The summed E-state index contributed by atoms with van der Waals surface area (Å²) in [5, 5.41) is 18.7. The first-order chi connectivity index (χ1) is 12.0. The molecule has 2 heterocycles. The van der Waals surface area contributed by atoms with Crippen LogP contribution in [0.2, 0.25) is 0 Å². The van der Waals surface area contributed by atoms with Crippen molar-refractivity contribution in [2.45, 2.75) is 25.4 Å². The van der Waals surface area contributed by atoms with Crippen molar-refractivity contribution in [1.82, 2.24) is 0 Å². The van der Waals surface area contributed by atoms with Crippen LogP contribution in [0.1, 0.15) is 28.2 Å². The van der Waals surface area contributed by atoms with E-state index in [4.69, 9.17) is 4.74 Å². The Morgan fingerprint density at radius 3 is 2.60 bits per heavy atom. The van der Waals surface area contributed by atoms with Crippen molar-refractivity contribution in [3.8, 4) is 11.8 Å². The monoisotopic (exact) mass is 358 g/mol. The van der Waals surface area contributed by atoms with Gasteiger partial charge in [0.05, 0.1) is 4.88 Å². The summed E-state index contributed by atoms with van der Waals surface area (Å²) in [6.45, 7) is 0. The minimum Gasteiger partial charge on any atom is -0.505 e. The quantitative estimate of drug-likeness (QED) is 0.643. The van der Waals surface area contributed by atoms with Crippen LogP contribution in [0.3, 0.4) is 0 Å². The molecule has 1 aliphatic rings. The van der Waals surface area contributed by atoms with E-state index in [9.17, 15) is 19.4 Å². The lowest BCUT2D eigenvalue weighted by molar-refractivity contribution is -0.142. The molecule has 0 spiro atoms. The van der Waals surface area contributed by atoms with E-state index in [-0.39, 0.29) is 5.82 Å². The number of aliphatic hydroxyl groups is 2. The Labute approximate surface area is 148 Å². The first-order valence-electron chi connectivity index (χ1n) is 7.68. The van der Waals surface area contributed by atoms with Gasteiger partial charge in [0.15, 0.2) is 11.9 Å². The number of hydrogen-bond acceptors (Lipinski definition) is 5. The smallest absolute Gasteiger partial charge is 0.377 e. The van der Waals surface area contributed by atoms with E-state index in [1.165, 1.54) is 12.1 Å². The molecule has 0 saturated heterocycles. The fraction of sp³-hybridized carbons (Fsp3) is 0.211. The SMILES string of the molecule is O=C1OC(CCC#Cc2ccc(Cc3ccc(F)cc3)s2)C(O)=C1O. The number of esters is 1. The van der Waals surface area contributed by atoms with Gasteiger partial charge in [-0.3, -0.25) is 0 Å². The molecule has 0 radical (unpaired) electrons. The standard InChI is InChI=1S/C19H15FO4S/c20-13-7-5-12(6-8-13)11-15-10-9-14(25-15)3-1-2-4-16-17(21)18(22)19(23)24-16/h5-10,16,21-22H,2,4,11H2. The summed E-state index contributed by atoms with van der Waals surface area (Å²) in [4.78, 5) is 13.1. The van der Waals surface area contributed by atoms with Gasteiger partial charge in [-0.1, -0.05) is 24.0 Å². The predicted molar refractivity (Wildman–Crippen MR) is 91.8 cm³/mol. The normalized spacial score (nSPS) is 16.5. The number of benzene rings is 1. The number of aliphatic hydroxyl groups excluding tert-OH is 2. The summed E-state index contributed by atoms with van der Waals surface area (Å²) in [5.41, 5.74) is 1.04. The molecule has 0 saturated carbocycles. The minimum absolute atomic E-state index is 0.247. The van der Waals surface area contributed by atoms with Crippen LogP contribution >= 0.6 is 11.3 Å². The summed E-state index contributed by atoms with van der Waals surface area (Å²) >= 11 is 1.56. The van der Waals surface area contributed by atoms with E-state index >= 15 is 0 Å². The molecule has 128 valence electrons. The Bertz CT molecular complexity index is 871. The van der Waals surface area contributed by atoms with Gasteiger partial charge in [-0.25, -0.2) is 9.18 Å². The number of ether oxygens (including phenoxy) is 1. The topological polar surface area (TPSA) is 66.8 Å². The summed E-state index contributed by atoms with van der Waals surface area (Å²) in [6.07, 6.45) is 0.644. The summed E-state index contributed by atoms with van der Waals surface area (Å²) < 4.78 is 17.7. The zero-order chi connectivity index (χ0) is 17.8. The highest BCUT2D eigenvalue weighted by Crippen LogP contribution is 2.22. The molecule has 2 aromatic rings. The van der Waals surface area contributed by atoms with Crippen molar-refractivity contribution in [3.63, 3.8) is 0 Å². The van der Waals surface area contributed by atoms with Crippen molar-refractivity contribution < 1.29 is 24.1 Å². The maximum atomic E-state index is 12.9. The van der Waals surface area contributed by atoms with Gasteiger partial charge < -0.3 is 14.9 Å². The van der Waals surface area contributed by atoms with Crippen LogP contribution < -0.4 is 0 Å². The zero-order valence-electron chi connectivity index (χ0n) is 13.2. The number of carbonyl (C=O) groups is 1. The largest absolute Gasteiger partial charge is 0.505 e. The molecule has 1 aromatic carbocycles. The third-order valence-electron chi connectivity index (χ3n) is 3.69. The molecule has 25 heavy (non-hydrogen) atoms. The number of rotatable bonds is 4. The van der Waals surface area contributed by atoms with Gasteiger partial charge in [0, 0.05) is 24.1 Å². The predicted octanol–water partition coefficient (Wildman–Crippen LogP) is 3.86. The van der Waals surface area contributed by atoms with Gasteiger partial charge in [-0.05, 0) is 29.8 Å². The lowest BCUT2D eigenvalue weighted by atomic mass is 10.1. The van der Waals surface area contributed by atoms with E-state index in [1.807, 2.05) is 12.1 Å². The van der Waals surface area contributed by atoms with Crippen LogP contribution in [0, 0.1) is 17.7 Å². The number of cyclic esters (lactones) is 1. The number of carbonyl (C=O) groups excluding carboxylic acids is 1. The molecule has 0 bridgehead atoms. The van der Waals surface area contributed by atoms with Gasteiger partial charge in [-0.15, -0.1) is 11.3 Å². The molecule has 3 rings (SSSR count). The van der Waals surface area contributed by atoms with Crippen molar-refractivity contribution in [2.75, 3.05) is 0 Å². The molecule has 1 aliphatic heterocycles. The lowest BCUT2D eigenvalue weighted by Crippen LogP contribution is -2.10. The Morgan fingerprint density at radius 2 is 1.92 bits per heavy atom. The molecule has 1 atom stereocenters. The van der Waals surface area contributed by atoms with E-state index in [0.29, 0.717) is 12.8 Å². The second-order valence-corrected chi connectivity index (χ2v) is 6.71. The van der Waals surface area contributed by atoms with Crippen LogP contribution in [-0.4, -0.2) is 22.3 Å². The lowest BCUT2D eigenvalue weighted by Gasteiger charge is -2.06. The molecular formula is C19H15FO4S. The Morgan fingerprint density at radius 1 is 1.16 bits per heavy atom. The molecule has 6 heteroatoms. The van der Waals surface area contributed by atoms with Gasteiger partial charge >= 0.3 is 5.97 Å². The van der Waals surface area contributed by atoms with Crippen molar-refractivity contribution in [3.05, 3.63) is 69.1 Å². The summed E-state index contributed by atoms with van der Waals surface area (Å²) in [7, 11) is 0. The van der Waals surface area contributed by atoms with Gasteiger partial charge in [-0.2, -0.15) is 0 Å². The van der Waals surface area contributed by atoms with Crippen molar-refractivity contribution in [1.29, 1.82) is 0 Å². The summed E-state index contributed by atoms with van der Waals surface area (Å²) in [5.74, 6) is 3.70. The van der Waals surface area contributed by atoms with Gasteiger partial charge in [0.1, 0.15) is 5.82 Å². The van der Waals surface area contributed by atoms with Crippen molar-refractivity contribution >= 4 is 17.3 Å². The zero-order valence-corrected chi connectivity index (χ0v) is 14.0. The van der Waals surface area contributed by atoms with E-state index in [1.54, 1.807) is 23.5 Å². The van der Waals surface area contributed by atoms with E-state index < -0.39 is 23.6 Å². The van der Waals surface area contributed by atoms with E-state index in [2.05, 4.69) is 11.8 Å². The number of halogens is 1. The highest BCUT2D eigenvalue weighted by molar-refractivity contribution is 7.12. The second-order valence-electron chi connectivity index (χ2n) is 5.54. The fourth-order valence-electron chi connectivity index (χ4n) is 2.39. The van der Waals surface area contributed by atoms with Crippen LogP contribution in [0.15, 0.2) is 47.9 Å². The minimum atomic E-state index is -0.904. The molecule has 1 unspecified atom stereocenters. The van der Waals surface area contributed by atoms with Crippen LogP contribution in [0.25, 0.3) is 0 Å². The summed E-state index contributed by atoms with van der Waals surface area (Å²) in [6, 6.07) is 10.3. The second kappa shape index (κ2) is 7.41. The number of thiophene rings is 1. The average Bonchev–Trinajstić information content (AvgIpc) is 3.14. The van der Waals surface area contributed by atoms with Gasteiger partial charge in [0.25, 0.3) is 0 Å². The Balaban J connectivity index is 1.53. The highest BCUT2D eigenvalue weighted by atomic mass is 32.1. The molecule has 4 nitrogen and oxygen atoms in total. The maximum Gasteiger partial charge on any atom is 0.377 e. The Hall–Kier alpha value is -2.78. The maximum absolute atomic E-state index is 12.9. The fourth-order valence-corrected chi connectivity index (χ4v) is 3.31. The molecule has 1 aromatic heterocycles. The Kier molecular flexibility index (Phi) is 5.05. The molecular weight excluding hydrogens is 343 g/mol. The van der Waals surface area contributed by atoms with Crippen LogP contribution in [0.4, 0.5) is 4.39 Å². The first-order valence-corrected chi connectivity index (χ1v) is 8.49. The van der Waals surface area contributed by atoms with E-state index in [0.717, 1.165) is 21.7 Å². The molecule has 2 N–H and O–H groups in total. The van der Waals surface area contributed by atoms with Crippen LogP contribution in [0.5, 0.6) is 0 Å². The average molecular weight is 358 g/mol. The highest BCUT2D eigenvalue weighted by Gasteiger charge is 2.33. The third kappa shape index (κ3) is 4.20. The third-order valence-corrected chi connectivity index (χ3v) is 4.69. The van der Waals surface area contributed by atoms with Crippen molar-refractivity contribution in [2.24, 2.45) is 0 Å². The first kappa shape index (κ1) is 17.1. The van der Waals surface area contributed by atoms with Gasteiger partial charge in [0.2, 0.25) is 5.76 Å². The molecule has 0 amide bonds. The number of hydrogen-bond donors (Lipinski definition) is 2.